The van der Waals surface area contributed by atoms with Crippen LogP contribution in [0.15, 0.2) is 4.42 Å². The number of hydrogen-bond acceptors (Lipinski definition) is 3. The molecule has 3 nitrogen and oxygen atoms in total. The van der Waals surface area contributed by atoms with Crippen LogP contribution in [0.5, 0.6) is 0 Å². The number of aromatic nitrogens is 2. The van der Waals surface area contributed by atoms with Gasteiger partial charge in [-0.05, 0) is 0 Å². The zero-order chi connectivity index (χ0) is 13.3. The van der Waals surface area contributed by atoms with Crippen LogP contribution < -0.4 is 0 Å². The van der Waals surface area contributed by atoms with Gasteiger partial charge in [-0.1, -0.05) is 0 Å². The quantitative estimate of drug-likeness (QED) is 0.632. The summed E-state index contributed by atoms with van der Waals surface area (Å²) in [6, 6.07) is 0. The second-order valence-corrected chi connectivity index (χ2v) is 3.37. The molecule has 0 radical (unpaired) electrons. The van der Waals surface area contributed by atoms with Crippen LogP contribution in [0.2, 0.25) is 0 Å². The van der Waals surface area contributed by atoms with Crippen molar-refractivity contribution in [3.8, 4) is 0 Å². The fourth-order valence-corrected chi connectivity index (χ4v) is 1.19. The van der Waals surface area contributed by atoms with Gasteiger partial charge in [0, 0.05) is 12.3 Å². The van der Waals surface area contributed by atoms with E-state index in [4.69, 9.17) is 11.6 Å². The molecule has 98 valence electrons. The Bertz CT molecular complexity index is 359. The molecule has 1 rings (SSSR count). The van der Waals surface area contributed by atoms with Crippen LogP contribution in [0.3, 0.4) is 0 Å². The molecule has 1 heterocycles. The maximum Gasteiger partial charge on any atom is 0.409 e. The van der Waals surface area contributed by atoms with Gasteiger partial charge in [0.15, 0.2) is 0 Å². The van der Waals surface area contributed by atoms with E-state index in [0.717, 1.165) is 0 Å². The fraction of sp³-hybridized carbons (Fsp3) is 0.714. The van der Waals surface area contributed by atoms with Crippen molar-refractivity contribution in [2.24, 2.45) is 0 Å². The fourth-order valence-electron chi connectivity index (χ4n) is 1.03. The lowest BCUT2D eigenvalue weighted by Gasteiger charge is -2.19. The topological polar surface area (TPSA) is 38.9 Å². The van der Waals surface area contributed by atoms with Crippen LogP contribution in [-0.4, -0.2) is 28.4 Å². The Kier molecular flexibility index (Phi) is 3.90. The lowest BCUT2D eigenvalue weighted by atomic mass is 10.1. The van der Waals surface area contributed by atoms with E-state index in [1.54, 1.807) is 0 Å². The summed E-state index contributed by atoms with van der Waals surface area (Å²) < 4.78 is 77.6. The van der Waals surface area contributed by atoms with Gasteiger partial charge in [0.05, 0.1) is 0 Å². The SMILES string of the molecule is FC(F)(F)C(c1nnc(CCCl)o1)C(F)(F)F. The zero-order valence-electron chi connectivity index (χ0n) is 7.94. The van der Waals surface area contributed by atoms with Crippen molar-refractivity contribution in [1.82, 2.24) is 10.2 Å². The summed E-state index contributed by atoms with van der Waals surface area (Å²) in [7, 11) is 0. The van der Waals surface area contributed by atoms with Crippen LogP contribution in [0, 0.1) is 0 Å². The lowest BCUT2D eigenvalue weighted by molar-refractivity contribution is -0.258. The monoisotopic (exact) mass is 282 g/mol. The predicted molar refractivity (Wildman–Crippen MR) is 43.6 cm³/mol. The molecule has 17 heavy (non-hydrogen) atoms. The molecule has 0 amide bonds. The molecule has 1 aromatic heterocycles. The van der Waals surface area contributed by atoms with E-state index < -0.39 is 24.2 Å². The van der Waals surface area contributed by atoms with Gasteiger partial charge in [-0.15, -0.1) is 21.8 Å². The van der Waals surface area contributed by atoms with E-state index in [9.17, 15) is 26.3 Å². The van der Waals surface area contributed by atoms with E-state index in [1.165, 1.54) is 0 Å². The molecule has 0 aliphatic rings. The van der Waals surface area contributed by atoms with Crippen molar-refractivity contribution in [2.45, 2.75) is 24.7 Å². The van der Waals surface area contributed by atoms with Crippen LogP contribution in [0.4, 0.5) is 26.3 Å². The minimum absolute atomic E-state index is 0.0513. The van der Waals surface area contributed by atoms with Gasteiger partial charge in [-0.25, -0.2) is 0 Å². The maximum absolute atomic E-state index is 12.2. The molecule has 0 atom stereocenters. The summed E-state index contributed by atoms with van der Waals surface area (Å²) >= 11 is 5.23. The highest BCUT2D eigenvalue weighted by atomic mass is 35.5. The summed E-state index contributed by atoms with van der Waals surface area (Å²) in [5.74, 6) is -5.71. The van der Waals surface area contributed by atoms with Crippen LogP contribution in [0.1, 0.15) is 17.7 Å². The molecule has 0 unspecified atom stereocenters. The number of hydrogen-bond donors (Lipinski definition) is 0. The Morgan fingerprint density at radius 2 is 1.59 bits per heavy atom. The van der Waals surface area contributed by atoms with Crippen molar-refractivity contribution < 1.29 is 30.8 Å². The summed E-state index contributed by atoms with van der Waals surface area (Å²) in [4.78, 5) is 0. The standard InChI is InChI=1S/C7H5ClF6N2O/c8-2-1-3-15-16-5(17-3)4(6(9,10)11)7(12,13)14/h4H,1-2H2. The molecule has 10 heteroatoms. The smallest absolute Gasteiger partial charge is 0.409 e. The molecular formula is C7H5ClF6N2O. The summed E-state index contributed by atoms with van der Waals surface area (Å²) in [5, 5.41) is 5.81. The number of rotatable bonds is 3. The number of aryl methyl sites for hydroxylation is 1. The molecule has 0 N–H and O–H groups in total. The maximum atomic E-state index is 12.2. The minimum atomic E-state index is -5.54. The predicted octanol–water partition coefficient (Wildman–Crippen LogP) is 3.06. The van der Waals surface area contributed by atoms with Crippen molar-refractivity contribution in [2.75, 3.05) is 5.88 Å². The van der Waals surface area contributed by atoms with Gasteiger partial charge >= 0.3 is 12.4 Å². The summed E-state index contributed by atoms with van der Waals surface area (Å²) in [5.41, 5.74) is 0. The van der Waals surface area contributed by atoms with Crippen LogP contribution in [0.25, 0.3) is 0 Å². The Labute approximate surface area is 95.8 Å². The largest absolute Gasteiger partial charge is 0.424 e. The summed E-state index contributed by atoms with van der Waals surface area (Å²) in [6.07, 6.45) is -11.2. The first kappa shape index (κ1) is 14.1. The first-order chi connectivity index (χ1) is 7.66. The lowest BCUT2D eigenvalue weighted by Crippen LogP contribution is -2.34. The van der Waals surface area contributed by atoms with E-state index in [1.807, 2.05) is 0 Å². The third-order valence-electron chi connectivity index (χ3n) is 1.69. The van der Waals surface area contributed by atoms with Crippen molar-refractivity contribution in [3.63, 3.8) is 0 Å². The second kappa shape index (κ2) is 4.71. The molecule has 0 saturated carbocycles. The van der Waals surface area contributed by atoms with E-state index >= 15 is 0 Å². The molecule has 0 fully saturated rings. The van der Waals surface area contributed by atoms with Crippen molar-refractivity contribution in [3.05, 3.63) is 11.8 Å². The van der Waals surface area contributed by atoms with Crippen LogP contribution >= 0.6 is 11.6 Å². The highest BCUT2D eigenvalue weighted by Crippen LogP contribution is 2.45. The average molecular weight is 283 g/mol. The molecule has 1 aromatic rings. The molecule has 0 aliphatic heterocycles. The Hall–Kier alpha value is -0.990. The molecular weight excluding hydrogens is 278 g/mol. The van der Waals surface area contributed by atoms with Gasteiger partial charge in [0.2, 0.25) is 17.7 Å². The summed E-state index contributed by atoms with van der Waals surface area (Å²) in [6.45, 7) is 0. The van der Waals surface area contributed by atoms with Crippen molar-refractivity contribution >= 4 is 11.6 Å². The van der Waals surface area contributed by atoms with Crippen molar-refractivity contribution in [1.29, 1.82) is 0 Å². The normalized spacial score (nSPS) is 13.4. The highest BCUT2D eigenvalue weighted by Gasteiger charge is 2.60. The molecule has 0 bridgehead atoms. The minimum Gasteiger partial charge on any atom is -0.424 e. The van der Waals surface area contributed by atoms with Gasteiger partial charge in [0.25, 0.3) is 0 Å². The highest BCUT2D eigenvalue weighted by molar-refractivity contribution is 6.17. The average Bonchev–Trinajstić information content (AvgIpc) is 2.47. The van der Waals surface area contributed by atoms with Gasteiger partial charge in [-0.3, -0.25) is 0 Å². The first-order valence-corrected chi connectivity index (χ1v) is 4.71. The van der Waals surface area contributed by atoms with Gasteiger partial charge in [0.1, 0.15) is 0 Å². The van der Waals surface area contributed by atoms with Gasteiger partial charge in [-0.2, -0.15) is 26.3 Å². The zero-order valence-corrected chi connectivity index (χ0v) is 8.70. The van der Waals surface area contributed by atoms with E-state index in [0.29, 0.717) is 0 Å². The van der Waals surface area contributed by atoms with Gasteiger partial charge < -0.3 is 4.42 Å². The Morgan fingerprint density at radius 3 is 2.00 bits per heavy atom. The third kappa shape index (κ3) is 3.48. The second-order valence-electron chi connectivity index (χ2n) is 2.99. The third-order valence-corrected chi connectivity index (χ3v) is 1.88. The Morgan fingerprint density at radius 1 is 1.06 bits per heavy atom. The molecule has 0 aliphatic carbocycles. The molecule has 0 aromatic carbocycles. The first-order valence-electron chi connectivity index (χ1n) is 4.18. The number of halogens is 7. The number of alkyl halides is 7. The molecule has 0 saturated heterocycles. The molecule has 0 spiro atoms. The van der Waals surface area contributed by atoms with Crippen LogP contribution in [-0.2, 0) is 6.42 Å². The Balaban J connectivity index is 3.06. The van der Waals surface area contributed by atoms with E-state index in [-0.39, 0.29) is 18.2 Å². The van der Waals surface area contributed by atoms with E-state index in [2.05, 4.69) is 14.6 Å². The number of nitrogens with zero attached hydrogens (tertiary/aromatic N) is 2.